The Morgan fingerprint density at radius 3 is 1.67 bits per heavy atom. The van der Waals surface area contributed by atoms with Crippen molar-refractivity contribution in [2.75, 3.05) is 33.0 Å². The molecule has 0 aromatic heterocycles. The summed E-state index contributed by atoms with van der Waals surface area (Å²) in [6, 6.07) is 0. The molecule has 2 aliphatic heterocycles. The van der Waals surface area contributed by atoms with Gasteiger partial charge in [0.1, 0.15) is 54.9 Å². The summed E-state index contributed by atoms with van der Waals surface area (Å²) in [6.45, 7) is 3.29. The molecule has 0 aromatic carbocycles. The predicted octanol–water partition coefficient (Wildman–Crippen LogP) is 5.17. The van der Waals surface area contributed by atoms with Gasteiger partial charge in [0.15, 0.2) is 12.6 Å². The largest absolute Gasteiger partial charge is 0.457 e. The highest BCUT2D eigenvalue weighted by Gasteiger charge is 2.47. The molecule has 2 fully saturated rings. The van der Waals surface area contributed by atoms with Gasteiger partial charge in [0.05, 0.1) is 26.4 Å². The van der Waals surface area contributed by atoms with Crippen molar-refractivity contribution in [3.8, 4) is 0 Å². The monoisotopic (exact) mass is 867 g/mol. The summed E-state index contributed by atoms with van der Waals surface area (Å²) in [4.78, 5) is 12.9. The van der Waals surface area contributed by atoms with E-state index in [1.54, 1.807) is 0 Å². The topological polar surface area (TPSA) is 214 Å². The number of hydrogen-bond acceptors (Lipinski definition) is 14. The Morgan fingerprint density at radius 2 is 1.07 bits per heavy atom. The smallest absolute Gasteiger partial charge is 0.306 e. The zero-order chi connectivity index (χ0) is 44.5. The maximum atomic E-state index is 12.9. The summed E-state index contributed by atoms with van der Waals surface area (Å²) >= 11 is 0. The van der Waals surface area contributed by atoms with Gasteiger partial charge in [-0.1, -0.05) is 112 Å². The van der Waals surface area contributed by atoms with E-state index in [0.29, 0.717) is 13.0 Å². The van der Waals surface area contributed by atoms with Crippen molar-refractivity contribution in [2.45, 2.75) is 184 Å². The van der Waals surface area contributed by atoms with Gasteiger partial charge in [0, 0.05) is 13.0 Å². The fourth-order valence-electron chi connectivity index (χ4n) is 6.50. The highest BCUT2D eigenvalue weighted by atomic mass is 16.7. The number of aliphatic hydroxyl groups excluding tert-OH is 7. The lowest BCUT2D eigenvalue weighted by Gasteiger charge is -2.42. The third-order valence-corrected chi connectivity index (χ3v) is 10.2. The summed E-state index contributed by atoms with van der Waals surface area (Å²) in [5, 5.41) is 71.9. The SMILES string of the molecule is CC/C=C\C/C=C\C/C=C\C/C=C\CCCOCC(COC1OC(COC2OC(CO)C(O)C(O)C2O)C(O)C(O)C1O)OC(=O)CCCCCCC/C=C\C/C=C\CCC. The Morgan fingerprint density at radius 1 is 0.557 bits per heavy atom. The number of aliphatic hydroxyl groups is 7. The lowest BCUT2D eigenvalue weighted by molar-refractivity contribution is -0.332. The average Bonchev–Trinajstić information content (AvgIpc) is 3.25. The molecule has 0 amide bonds. The van der Waals surface area contributed by atoms with Crippen LogP contribution in [0.3, 0.4) is 0 Å². The second-order valence-corrected chi connectivity index (χ2v) is 15.5. The van der Waals surface area contributed by atoms with Crippen LogP contribution in [0.15, 0.2) is 72.9 Å². The Balaban J connectivity index is 1.86. The van der Waals surface area contributed by atoms with Gasteiger partial charge in [0.25, 0.3) is 0 Å². The molecule has 61 heavy (non-hydrogen) atoms. The van der Waals surface area contributed by atoms with Crippen LogP contribution in [0, 0.1) is 0 Å². The quantitative estimate of drug-likeness (QED) is 0.0258. The molecule has 2 heterocycles. The number of hydrogen-bond donors (Lipinski definition) is 7. The number of carbonyl (C=O) groups is 1. The van der Waals surface area contributed by atoms with Crippen molar-refractivity contribution in [1.82, 2.24) is 0 Å². The summed E-state index contributed by atoms with van der Waals surface area (Å²) in [5.74, 6) is -0.414. The Kier molecular flexibility index (Phi) is 31.2. The van der Waals surface area contributed by atoms with E-state index in [4.69, 9.17) is 28.4 Å². The number of ether oxygens (including phenoxy) is 6. The maximum absolute atomic E-state index is 12.9. The van der Waals surface area contributed by atoms with E-state index in [-0.39, 0.29) is 19.6 Å². The molecule has 0 aromatic rings. The average molecular weight is 867 g/mol. The number of unbranched alkanes of at least 4 members (excludes halogenated alkanes) is 7. The fraction of sp³-hybridized carbons (Fsp3) is 0.723. The summed E-state index contributed by atoms with van der Waals surface area (Å²) in [5.41, 5.74) is 0. The minimum Gasteiger partial charge on any atom is -0.457 e. The minimum atomic E-state index is -1.72. The molecule has 11 unspecified atom stereocenters. The molecule has 0 saturated carbocycles. The van der Waals surface area contributed by atoms with Crippen molar-refractivity contribution >= 4 is 5.97 Å². The van der Waals surface area contributed by atoms with E-state index >= 15 is 0 Å². The van der Waals surface area contributed by atoms with E-state index in [1.165, 1.54) is 0 Å². The van der Waals surface area contributed by atoms with E-state index in [0.717, 1.165) is 89.9 Å². The number of carbonyl (C=O) groups excluding carboxylic acids is 1. The van der Waals surface area contributed by atoms with Crippen molar-refractivity contribution in [1.29, 1.82) is 0 Å². The van der Waals surface area contributed by atoms with Crippen LogP contribution in [0.1, 0.15) is 117 Å². The highest BCUT2D eigenvalue weighted by molar-refractivity contribution is 5.69. The molecular formula is C47H78O14. The van der Waals surface area contributed by atoms with Crippen molar-refractivity contribution in [3.05, 3.63) is 72.9 Å². The van der Waals surface area contributed by atoms with Crippen molar-refractivity contribution in [3.63, 3.8) is 0 Å². The first-order chi connectivity index (χ1) is 29.6. The molecule has 0 radical (unpaired) electrons. The van der Waals surface area contributed by atoms with Gasteiger partial charge in [-0.2, -0.15) is 0 Å². The highest BCUT2D eigenvalue weighted by Crippen LogP contribution is 2.26. The van der Waals surface area contributed by atoms with E-state index in [1.807, 2.05) is 0 Å². The number of allylic oxidation sites excluding steroid dienone is 12. The lowest BCUT2D eigenvalue weighted by atomic mass is 9.98. The van der Waals surface area contributed by atoms with Crippen LogP contribution >= 0.6 is 0 Å². The summed E-state index contributed by atoms with van der Waals surface area (Å²) in [6.07, 6.45) is 24.1. The van der Waals surface area contributed by atoms with Crippen LogP contribution in [0.4, 0.5) is 0 Å². The molecule has 0 bridgehead atoms. The summed E-state index contributed by atoms with van der Waals surface area (Å²) < 4.78 is 34.0. The van der Waals surface area contributed by atoms with Crippen LogP contribution in [-0.4, -0.2) is 142 Å². The molecule has 14 heteroatoms. The van der Waals surface area contributed by atoms with E-state index in [9.17, 15) is 40.5 Å². The molecule has 2 aliphatic rings. The van der Waals surface area contributed by atoms with Crippen LogP contribution in [0.25, 0.3) is 0 Å². The van der Waals surface area contributed by atoms with Crippen molar-refractivity contribution in [2.24, 2.45) is 0 Å². The molecule has 0 spiro atoms. The minimum absolute atomic E-state index is 0.0134. The molecule has 2 saturated heterocycles. The van der Waals surface area contributed by atoms with Gasteiger partial charge in [-0.05, 0) is 70.6 Å². The molecule has 350 valence electrons. The van der Waals surface area contributed by atoms with Crippen LogP contribution in [0.5, 0.6) is 0 Å². The van der Waals surface area contributed by atoms with Crippen LogP contribution < -0.4 is 0 Å². The Hall–Kier alpha value is -2.57. The van der Waals surface area contributed by atoms with Gasteiger partial charge in [-0.25, -0.2) is 0 Å². The van der Waals surface area contributed by atoms with Gasteiger partial charge in [-0.3, -0.25) is 4.79 Å². The van der Waals surface area contributed by atoms with E-state index in [2.05, 4.69) is 86.8 Å². The predicted molar refractivity (Wildman–Crippen MR) is 233 cm³/mol. The zero-order valence-corrected chi connectivity index (χ0v) is 36.6. The van der Waals surface area contributed by atoms with Gasteiger partial charge in [0.2, 0.25) is 0 Å². The van der Waals surface area contributed by atoms with Gasteiger partial charge >= 0.3 is 5.97 Å². The van der Waals surface area contributed by atoms with Crippen LogP contribution in [0.2, 0.25) is 0 Å². The second-order valence-electron chi connectivity index (χ2n) is 15.5. The molecule has 2 rings (SSSR count). The second kappa shape index (κ2) is 34.9. The third-order valence-electron chi connectivity index (χ3n) is 10.2. The Labute approximate surface area is 364 Å². The maximum Gasteiger partial charge on any atom is 0.306 e. The molecular weight excluding hydrogens is 789 g/mol. The molecule has 0 aliphatic carbocycles. The first kappa shape index (κ1) is 54.6. The fourth-order valence-corrected chi connectivity index (χ4v) is 6.50. The first-order valence-corrected chi connectivity index (χ1v) is 22.5. The third kappa shape index (κ3) is 23.6. The lowest BCUT2D eigenvalue weighted by Crippen LogP contribution is -2.61. The van der Waals surface area contributed by atoms with E-state index < -0.39 is 86.7 Å². The van der Waals surface area contributed by atoms with Gasteiger partial charge in [-0.15, -0.1) is 0 Å². The standard InChI is InChI=1S/C47H78O14/c1-3-5-7-9-11-13-15-17-19-21-23-25-27-29-31-56-33-36(59-39(49)30-28-26-24-22-20-18-16-14-12-10-8-6-4-2)34-57-46-45(55)43(53)41(51)38(61-46)35-58-47-44(54)42(52)40(50)37(32-48)60-47/h5,7-8,10-11,13-14,16-17,19,23,25,36-38,40-48,50-55H,3-4,6,9,12,15,18,20-22,24,26-35H2,1-2H3/b7-5-,10-8-,13-11-,16-14-,19-17-,25-23-. The zero-order valence-electron chi connectivity index (χ0n) is 36.6. The Bertz CT molecular complexity index is 1280. The molecule has 14 nitrogen and oxygen atoms in total. The first-order valence-electron chi connectivity index (χ1n) is 22.5. The number of rotatable bonds is 33. The normalized spacial score (nSPS) is 28.1. The summed E-state index contributed by atoms with van der Waals surface area (Å²) in [7, 11) is 0. The number of esters is 1. The molecule has 11 atom stereocenters. The molecule has 7 N–H and O–H groups in total. The van der Waals surface area contributed by atoms with Crippen molar-refractivity contribution < 1.29 is 69.0 Å². The van der Waals surface area contributed by atoms with Gasteiger partial charge < -0.3 is 64.2 Å². The van der Waals surface area contributed by atoms with Crippen LogP contribution in [-0.2, 0) is 33.2 Å².